The van der Waals surface area contributed by atoms with Crippen LogP contribution < -0.4 is 10.1 Å². The minimum absolute atomic E-state index is 0.165. The predicted octanol–water partition coefficient (Wildman–Crippen LogP) is 3.17. The van der Waals surface area contributed by atoms with Gasteiger partial charge in [0.05, 0.1) is 12.4 Å². The summed E-state index contributed by atoms with van der Waals surface area (Å²) in [5.41, 5.74) is 1.15. The maximum absolute atomic E-state index is 11.7. The Morgan fingerprint density at radius 3 is 2.85 bits per heavy atom. The molecule has 0 radical (unpaired) electrons. The van der Waals surface area contributed by atoms with Crippen LogP contribution >= 0.6 is 11.8 Å². The van der Waals surface area contributed by atoms with E-state index in [9.17, 15) is 4.79 Å². The molecule has 1 aromatic carbocycles. The molecular formula is C16H23NO2S. The first-order valence-corrected chi connectivity index (χ1v) is 8.47. The zero-order valence-electron chi connectivity index (χ0n) is 12.1. The van der Waals surface area contributed by atoms with E-state index in [4.69, 9.17) is 4.74 Å². The number of carbonyl (C=O) groups excluding carboxylic acids is 1. The molecule has 20 heavy (non-hydrogen) atoms. The summed E-state index contributed by atoms with van der Waals surface area (Å²) in [4.78, 5) is 11.7. The Hall–Kier alpha value is -1.16. The van der Waals surface area contributed by atoms with Crippen LogP contribution in [0, 0.1) is 6.92 Å². The molecule has 4 heteroatoms. The van der Waals surface area contributed by atoms with E-state index in [0.29, 0.717) is 18.4 Å². The molecule has 1 aliphatic rings. The quantitative estimate of drug-likeness (QED) is 0.785. The van der Waals surface area contributed by atoms with Gasteiger partial charge in [0.25, 0.3) is 0 Å². The van der Waals surface area contributed by atoms with Crippen LogP contribution in [-0.4, -0.2) is 30.1 Å². The first kappa shape index (κ1) is 15.2. The molecule has 0 aromatic heterocycles. The maximum atomic E-state index is 11.7. The first-order chi connectivity index (χ1) is 9.75. The fraction of sp³-hybridized carbons (Fsp3) is 0.562. The number of nitrogens with one attached hydrogen (secondary N) is 1. The second kappa shape index (κ2) is 8.20. The van der Waals surface area contributed by atoms with Crippen molar-refractivity contribution in [3.8, 4) is 5.75 Å². The van der Waals surface area contributed by atoms with E-state index >= 15 is 0 Å². The third kappa shape index (κ3) is 5.08. The fourth-order valence-electron chi connectivity index (χ4n) is 2.43. The molecule has 0 saturated heterocycles. The van der Waals surface area contributed by atoms with Crippen molar-refractivity contribution in [1.82, 2.24) is 5.32 Å². The van der Waals surface area contributed by atoms with Gasteiger partial charge in [-0.1, -0.05) is 31.0 Å². The molecule has 0 spiro atoms. The third-order valence-corrected chi connectivity index (χ3v) is 4.45. The number of para-hydroxylation sites is 1. The van der Waals surface area contributed by atoms with E-state index in [1.165, 1.54) is 12.8 Å². The van der Waals surface area contributed by atoms with Crippen LogP contribution in [0.1, 0.15) is 31.2 Å². The predicted molar refractivity (Wildman–Crippen MR) is 84.4 cm³/mol. The average Bonchev–Trinajstić information content (AvgIpc) is 2.93. The number of aryl methyl sites for hydroxylation is 1. The van der Waals surface area contributed by atoms with Crippen LogP contribution in [0.2, 0.25) is 0 Å². The molecule has 0 bridgehead atoms. The Kier molecular flexibility index (Phi) is 6.25. The van der Waals surface area contributed by atoms with Crippen molar-refractivity contribution in [2.24, 2.45) is 0 Å². The zero-order valence-corrected chi connectivity index (χ0v) is 12.9. The number of rotatable bonds is 7. The topological polar surface area (TPSA) is 38.3 Å². The Bertz CT molecular complexity index is 430. The van der Waals surface area contributed by atoms with Crippen LogP contribution in [0.4, 0.5) is 0 Å². The van der Waals surface area contributed by atoms with Crippen molar-refractivity contribution in [3.05, 3.63) is 29.8 Å². The highest BCUT2D eigenvalue weighted by atomic mass is 32.2. The summed E-state index contributed by atoms with van der Waals surface area (Å²) in [6, 6.07) is 8.42. The van der Waals surface area contributed by atoms with Gasteiger partial charge in [0.2, 0.25) is 5.91 Å². The van der Waals surface area contributed by atoms with E-state index in [0.717, 1.165) is 29.9 Å². The van der Waals surface area contributed by atoms with Crippen LogP contribution in [-0.2, 0) is 4.79 Å². The Morgan fingerprint density at radius 1 is 1.35 bits per heavy atom. The highest BCUT2D eigenvalue weighted by molar-refractivity contribution is 7.99. The van der Waals surface area contributed by atoms with E-state index < -0.39 is 0 Å². The molecule has 1 fully saturated rings. The first-order valence-electron chi connectivity index (χ1n) is 7.31. The summed E-state index contributed by atoms with van der Waals surface area (Å²) < 4.78 is 5.70. The Labute approximate surface area is 125 Å². The van der Waals surface area contributed by atoms with Gasteiger partial charge < -0.3 is 10.1 Å². The van der Waals surface area contributed by atoms with Crippen LogP contribution in [0.25, 0.3) is 0 Å². The largest absolute Gasteiger partial charge is 0.492 e. The number of carbonyl (C=O) groups is 1. The van der Waals surface area contributed by atoms with Crippen molar-refractivity contribution >= 4 is 17.7 Å². The highest BCUT2D eigenvalue weighted by Crippen LogP contribution is 2.18. The molecule has 2 rings (SSSR count). The standard InChI is InChI=1S/C16H23NO2S/c1-13-6-2-5-9-15(13)19-10-11-20-12-16(18)17-14-7-3-4-8-14/h2,5-6,9,14H,3-4,7-8,10-12H2,1H3,(H,17,18). The lowest BCUT2D eigenvalue weighted by atomic mass is 10.2. The molecule has 1 saturated carbocycles. The summed E-state index contributed by atoms with van der Waals surface area (Å²) >= 11 is 1.63. The Morgan fingerprint density at radius 2 is 2.10 bits per heavy atom. The van der Waals surface area contributed by atoms with E-state index in [2.05, 4.69) is 5.32 Å². The van der Waals surface area contributed by atoms with Gasteiger partial charge in [-0.25, -0.2) is 0 Å². The molecule has 0 unspecified atom stereocenters. The van der Waals surface area contributed by atoms with Crippen molar-refractivity contribution in [2.75, 3.05) is 18.1 Å². The van der Waals surface area contributed by atoms with Gasteiger partial charge in [0.15, 0.2) is 0 Å². The van der Waals surface area contributed by atoms with Gasteiger partial charge in [-0.3, -0.25) is 4.79 Å². The smallest absolute Gasteiger partial charge is 0.230 e. The summed E-state index contributed by atoms with van der Waals surface area (Å²) in [7, 11) is 0. The van der Waals surface area contributed by atoms with Gasteiger partial charge >= 0.3 is 0 Å². The lowest BCUT2D eigenvalue weighted by Gasteiger charge is -2.12. The van der Waals surface area contributed by atoms with Crippen LogP contribution in [0.3, 0.4) is 0 Å². The maximum Gasteiger partial charge on any atom is 0.230 e. The zero-order chi connectivity index (χ0) is 14.2. The third-order valence-electron chi connectivity index (χ3n) is 3.53. The molecule has 0 heterocycles. The molecule has 3 nitrogen and oxygen atoms in total. The van der Waals surface area contributed by atoms with Crippen LogP contribution in [0.15, 0.2) is 24.3 Å². The second-order valence-electron chi connectivity index (χ2n) is 5.22. The van der Waals surface area contributed by atoms with Crippen molar-refractivity contribution in [1.29, 1.82) is 0 Å². The highest BCUT2D eigenvalue weighted by Gasteiger charge is 2.16. The van der Waals surface area contributed by atoms with Crippen molar-refractivity contribution < 1.29 is 9.53 Å². The van der Waals surface area contributed by atoms with Gasteiger partial charge in [0, 0.05) is 11.8 Å². The summed E-state index contributed by atoms with van der Waals surface area (Å²) in [6.07, 6.45) is 4.80. The molecule has 0 aliphatic heterocycles. The molecule has 1 amide bonds. The minimum atomic E-state index is 0.165. The molecule has 1 aliphatic carbocycles. The van der Waals surface area contributed by atoms with Gasteiger partial charge in [-0.15, -0.1) is 11.8 Å². The normalized spacial score (nSPS) is 15.2. The molecular weight excluding hydrogens is 270 g/mol. The second-order valence-corrected chi connectivity index (χ2v) is 6.32. The van der Waals surface area contributed by atoms with Gasteiger partial charge in [-0.05, 0) is 31.4 Å². The number of hydrogen-bond acceptors (Lipinski definition) is 3. The van der Waals surface area contributed by atoms with Crippen molar-refractivity contribution in [2.45, 2.75) is 38.6 Å². The van der Waals surface area contributed by atoms with Crippen LogP contribution in [0.5, 0.6) is 5.75 Å². The minimum Gasteiger partial charge on any atom is -0.492 e. The number of amides is 1. The lowest BCUT2D eigenvalue weighted by molar-refractivity contribution is -0.119. The number of thioether (sulfide) groups is 1. The fourth-order valence-corrected chi connectivity index (χ4v) is 3.05. The lowest BCUT2D eigenvalue weighted by Crippen LogP contribution is -2.34. The summed E-state index contributed by atoms with van der Waals surface area (Å²) in [5.74, 6) is 2.47. The molecule has 1 N–H and O–H groups in total. The number of hydrogen-bond donors (Lipinski definition) is 1. The Balaban J connectivity index is 1.55. The average molecular weight is 293 g/mol. The van der Waals surface area contributed by atoms with E-state index in [1.807, 2.05) is 31.2 Å². The van der Waals surface area contributed by atoms with Crippen molar-refractivity contribution in [3.63, 3.8) is 0 Å². The van der Waals surface area contributed by atoms with E-state index in [1.54, 1.807) is 11.8 Å². The molecule has 0 atom stereocenters. The summed E-state index contributed by atoms with van der Waals surface area (Å²) in [6.45, 7) is 2.68. The number of benzene rings is 1. The monoisotopic (exact) mass is 293 g/mol. The van der Waals surface area contributed by atoms with E-state index in [-0.39, 0.29) is 5.91 Å². The summed E-state index contributed by atoms with van der Waals surface area (Å²) in [5, 5.41) is 3.10. The van der Waals surface area contributed by atoms with Gasteiger partial charge in [0.1, 0.15) is 5.75 Å². The number of ether oxygens (including phenoxy) is 1. The molecule has 110 valence electrons. The molecule has 1 aromatic rings. The van der Waals surface area contributed by atoms with Gasteiger partial charge in [-0.2, -0.15) is 0 Å². The SMILES string of the molecule is Cc1ccccc1OCCSCC(=O)NC1CCCC1.